The number of guanidine groups is 1. The molecule has 0 aliphatic carbocycles. The van der Waals surface area contributed by atoms with Crippen molar-refractivity contribution in [1.29, 1.82) is 0 Å². The fourth-order valence-corrected chi connectivity index (χ4v) is 3.54. The van der Waals surface area contributed by atoms with Crippen molar-refractivity contribution in [3.8, 4) is 17.2 Å². The van der Waals surface area contributed by atoms with E-state index in [0.717, 1.165) is 67.2 Å². The second kappa shape index (κ2) is 12.7. The Balaban J connectivity index is 0.00000289. The van der Waals surface area contributed by atoms with Crippen molar-refractivity contribution >= 4 is 29.9 Å². The molecular formula is C23H31IN4O4. The van der Waals surface area contributed by atoms with Gasteiger partial charge in [0.05, 0.1) is 13.2 Å². The smallest absolute Gasteiger partial charge is 0.231 e. The van der Waals surface area contributed by atoms with Gasteiger partial charge in [-0.05, 0) is 23.8 Å². The highest BCUT2D eigenvalue weighted by Gasteiger charge is 2.13. The van der Waals surface area contributed by atoms with E-state index in [1.807, 2.05) is 36.4 Å². The minimum atomic E-state index is 0. The molecule has 1 saturated heterocycles. The Hall–Kier alpha value is -2.24. The van der Waals surface area contributed by atoms with E-state index >= 15 is 0 Å². The predicted molar refractivity (Wildman–Crippen MR) is 134 cm³/mol. The van der Waals surface area contributed by atoms with Crippen molar-refractivity contribution in [3.05, 3.63) is 53.6 Å². The molecule has 0 unspecified atom stereocenters. The summed E-state index contributed by atoms with van der Waals surface area (Å²) in [6, 6.07) is 14.0. The molecule has 0 radical (unpaired) electrons. The van der Waals surface area contributed by atoms with E-state index in [-0.39, 0.29) is 30.8 Å². The van der Waals surface area contributed by atoms with E-state index < -0.39 is 0 Å². The minimum Gasteiger partial charge on any atom is -0.492 e. The summed E-state index contributed by atoms with van der Waals surface area (Å²) in [5, 5.41) is 6.70. The zero-order valence-electron chi connectivity index (χ0n) is 18.3. The number of aliphatic imine (C=N–C) groups is 1. The lowest BCUT2D eigenvalue weighted by Crippen LogP contribution is -2.38. The molecule has 0 amide bonds. The van der Waals surface area contributed by atoms with Crippen molar-refractivity contribution in [1.82, 2.24) is 15.5 Å². The number of halogens is 1. The van der Waals surface area contributed by atoms with E-state index in [9.17, 15) is 0 Å². The van der Waals surface area contributed by atoms with Crippen molar-refractivity contribution in [3.63, 3.8) is 0 Å². The Morgan fingerprint density at radius 3 is 2.66 bits per heavy atom. The monoisotopic (exact) mass is 554 g/mol. The Morgan fingerprint density at radius 2 is 1.81 bits per heavy atom. The van der Waals surface area contributed by atoms with Gasteiger partial charge in [0.15, 0.2) is 17.5 Å². The number of morpholine rings is 1. The number of nitrogens with zero attached hydrogens (tertiary/aromatic N) is 2. The number of nitrogens with one attached hydrogen (secondary N) is 2. The van der Waals surface area contributed by atoms with Gasteiger partial charge in [-0.2, -0.15) is 0 Å². The molecule has 0 aromatic heterocycles. The third-order valence-electron chi connectivity index (χ3n) is 5.31. The summed E-state index contributed by atoms with van der Waals surface area (Å²) in [6.45, 7) is 6.65. The van der Waals surface area contributed by atoms with Gasteiger partial charge in [-0.25, -0.2) is 0 Å². The highest BCUT2D eigenvalue weighted by atomic mass is 127. The average Bonchev–Trinajstić information content (AvgIpc) is 3.29. The molecule has 0 bridgehead atoms. The number of para-hydroxylation sites is 1. The number of fused-ring (bicyclic) bond motifs is 1. The maximum Gasteiger partial charge on any atom is 0.231 e. The summed E-state index contributed by atoms with van der Waals surface area (Å²) in [6.07, 6.45) is 0. The van der Waals surface area contributed by atoms with Crippen molar-refractivity contribution in [2.24, 2.45) is 4.99 Å². The van der Waals surface area contributed by atoms with Crippen LogP contribution < -0.4 is 24.8 Å². The Kier molecular flexibility index (Phi) is 9.69. The second-order valence-electron chi connectivity index (χ2n) is 7.38. The van der Waals surface area contributed by atoms with Crippen LogP contribution in [0.5, 0.6) is 17.2 Å². The van der Waals surface area contributed by atoms with Crippen LogP contribution in [-0.2, 0) is 17.8 Å². The van der Waals surface area contributed by atoms with E-state index in [0.29, 0.717) is 19.7 Å². The van der Waals surface area contributed by atoms with Gasteiger partial charge in [-0.3, -0.25) is 9.89 Å². The summed E-state index contributed by atoms with van der Waals surface area (Å²) >= 11 is 0. The summed E-state index contributed by atoms with van der Waals surface area (Å²) in [5.41, 5.74) is 2.19. The molecule has 174 valence electrons. The molecule has 9 heteroatoms. The highest BCUT2D eigenvalue weighted by Crippen LogP contribution is 2.32. The first-order valence-electron chi connectivity index (χ1n) is 10.7. The summed E-state index contributed by atoms with van der Waals surface area (Å²) in [7, 11) is 1.76. The van der Waals surface area contributed by atoms with Gasteiger partial charge in [0.1, 0.15) is 12.4 Å². The molecule has 2 aliphatic rings. The third kappa shape index (κ3) is 6.88. The van der Waals surface area contributed by atoms with Crippen LogP contribution in [0, 0.1) is 0 Å². The van der Waals surface area contributed by atoms with E-state index in [1.165, 1.54) is 0 Å². The van der Waals surface area contributed by atoms with Gasteiger partial charge in [0.2, 0.25) is 6.79 Å². The summed E-state index contributed by atoms with van der Waals surface area (Å²) < 4.78 is 22.3. The fourth-order valence-electron chi connectivity index (χ4n) is 3.54. The van der Waals surface area contributed by atoms with Crippen LogP contribution in [0.15, 0.2) is 47.5 Å². The number of benzene rings is 2. The molecule has 0 saturated carbocycles. The standard InChI is InChI=1S/C23H30N4O4.HI/c1-24-23(25-15-18-6-7-21-22(14-18)31-17-30-21)26-16-19-4-2-3-5-20(19)29-13-10-27-8-11-28-12-9-27;/h2-7,14H,8-13,15-17H2,1H3,(H2,24,25,26);1H. The van der Waals surface area contributed by atoms with Crippen molar-refractivity contribution in [2.75, 3.05) is 53.3 Å². The molecule has 2 aliphatic heterocycles. The fraction of sp³-hybridized carbons (Fsp3) is 0.435. The molecule has 0 atom stereocenters. The average molecular weight is 554 g/mol. The third-order valence-corrected chi connectivity index (χ3v) is 5.31. The van der Waals surface area contributed by atoms with Gasteiger partial charge in [-0.1, -0.05) is 24.3 Å². The Labute approximate surface area is 206 Å². The lowest BCUT2D eigenvalue weighted by molar-refractivity contribution is 0.0322. The lowest BCUT2D eigenvalue weighted by Gasteiger charge is -2.26. The normalized spacial score (nSPS) is 15.7. The van der Waals surface area contributed by atoms with Gasteiger partial charge < -0.3 is 29.6 Å². The van der Waals surface area contributed by atoms with Crippen LogP contribution >= 0.6 is 24.0 Å². The van der Waals surface area contributed by atoms with Crippen molar-refractivity contribution in [2.45, 2.75) is 13.1 Å². The van der Waals surface area contributed by atoms with Crippen LogP contribution in [0.2, 0.25) is 0 Å². The Morgan fingerprint density at radius 1 is 1.03 bits per heavy atom. The molecule has 2 aromatic carbocycles. The number of rotatable bonds is 8. The van der Waals surface area contributed by atoms with Crippen molar-refractivity contribution < 1.29 is 18.9 Å². The van der Waals surface area contributed by atoms with Crippen LogP contribution in [0.1, 0.15) is 11.1 Å². The van der Waals surface area contributed by atoms with Crippen LogP contribution in [0.3, 0.4) is 0 Å². The summed E-state index contributed by atoms with van der Waals surface area (Å²) in [5.74, 6) is 3.19. The SMILES string of the molecule is CN=C(NCc1ccc2c(c1)OCO2)NCc1ccccc1OCCN1CCOCC1.I. The van der Waals surface area contributed by atoms with Gasteiger partial charge in [0.25, 0.3) is 0 Å². The lowest BCUT2D eigenvalue weighted by atomic mass is 10.2. The highest BCUT2D eigenvalue weighted by molar-refractivity contribution is 14.0. The molecule has 1 fully saturated rings. The minimum absolute atomic E-state index is 0. The van der Waals surface area contributed by atoms with Gasteiger partial charge in [0, 0.05) is 45.3 Å². The number of hydrogen-bond donors (Lipinski definition) is 2. The molecule has 32 heavy (non-hydrogen) atoms. The van der Waals surface area contributed by atoms with Crippen LogP contribution in [-0.4, -0.2) is 64.2 Å². The maximum absolute atomic E-state index is 6.07. The maximum atomic E-state index is 6.07. The van der Waals surface area contributed by atoms with Gasteiger partial charge in [-0.15, -0.1) is 24.0 Å². The zero-order chi connectivity index (χ0) is 21.3. The van der Waals surface area contributed by atoms with Crippen LogP contribution in [0.4, 0.5) is 0 Å². The molecule has 2 heterocycles. The quantitative estimate of drug-likeness (QED) is 0.295. The molecule has 4 rings (SSSR count). The molecule has 8 nitrogen and oxygen atoms in total. The predicted octanol–water partition coefficient (Wildman–Crippen LogP) is 2.61. The number of hydrogen-bond acceptors (Lipinski definition) is 6. The number of ether oxygens (including phenoxy) is 4. The topological polar surface area (TPSA) is 76.6 Å². The van der Waals surface area contributed by atoms with Gasteiger partial charge >= 0.3 is 0 Å². The zero-order valence-corrected chi connectivity index (χ0v) is 20.7. The largest absolute Gasteiger partial charge is 0.492 e. The molecule has 2 aromatic rings. The van der Waals surface area contributed by atoms with E-state index in [4.69, 9.17) is 18.9 Å². The first-order chi connectivity index (χ1) is 15.3. The molecule has 0 spiro atoms. The first-order valence-corrected chi connectivity index (χ1v) is 10.7. The second-order valence-corrected chi connectivity index (χ2v) is 7.38. The molecule has 2 N–H and O–H groups in total. The summed E-state index contributed by atoms with van der Waals surface area (Å²) in [4.78, 5) is 6.69. The van der Waals surface area contributed by atoms with Crippen LogP contribution in [0.25, 0.3) is 0 Å². The Bertz CT molecular complexity index is 890. The van der Waals surface area contributed by atoms with E-state index in [2.05, 4.69) is 26.6 Å². The molecular weight excluding hydrogens is 523 g/mol. The van der Waals surface area contributed by atoms with E-state index in [1.54, 1.807) is 7.05 Å². The first kappa shape index (κ1) is 24.4.